The average Bonchev–Trinajstić information content (AvgIpc) is 2.35. The summed E-state index contributed by atoms with van der Waals surface area (Å²) >= 11 is 0. The van der Waals surface area contributed by atoms with Crippen LogP contribution < -0.4 is 10.6 Å². The number of hydrogen-bond acceptors (Lipinski definition) is 2. The van der Waals surface area contributed by atoms with Crippen LogP contribution in [0.2, 0.25) is 0 Å². The Labute approximate surface area is 111 Å². The van der Waals surface area contributed by atoms with Crippen LogP contribution in [0.15, 0.2) is 24.3 Å². The molecule has 1 aliphatic heterocycles. The lowest BCUT2D eigenvalue weighted by molar-refractivity contribution is 0.379. The Bertz CT molecular complexity index is 386. The van der Waals surface area contributed by atoms with Crippen molar-refractivity contribution in [2.24, 2.45) is 23.5 Å². The number of benzene rings is 1. The second-order valence-electron chi connectivity index (χ2n) is 6.08. The molecule has 2 atom stereocenters. The van der Waals surface area contributed by atoms with E-state index in [2.05, 4.69) is 49.9 Å². The van der Waals surface area contributed by atoms with Gasteiger partial charge >= 0.3 is 0 Å². The summed E-state index contributed by atoms with van der Waals surface area (Å²) in [5, 5.41) is 0. The molecule has 2 rings (SSSR count). The zero-order chi connectivity index (χ0) is 13.1. The summed E-state index contributed by atoms with van der Waals surface area (Å²) in [5.74, 6) is 1.98. The number of anilines is 1. The van der Waals surface area contributed by atoms with Gasteiger partial charge in [-0.1, -0.05) is 39.0 Å². The smallest absolute Gasteiger partial charge is 0.0399 e. The molecule has 0 spiro atoms. The largest absolute Gasteiger partial charge is 0.371 e. The molecule has 2 N–H and O–H groups in total. The van der Waals surface area contributed by atoms with E-state index >= 15 is 0 Å². The highest BCUT2D eigenvalue weighted by molar-refractivity contribution is 5.55. The van der Waals surface area contributed by atoms with Gasteiger partial charge in [0.05, 0.1) is 0 Å². The van der Waals surface area contributed by atoms with Gasteiger partial charge in [-0.2, -0.15) is 0 Å². The van der Waals surface area contributed by atoms with Crippen LogP contribution in [0, 0.1) is 17.8 Å². The van der Waals surface area contributed by atoms with Crippen molar-refractivity contribution >= 4 is 5.69 Å². The number of hydrogen-bond donors (Lipinski definition) is 1. The fourth-order valence-electron chi connectivity index (χ4n) is 2.92. The molecule has 0 fully saturated rings. The van der Waals surface area contributed by atoms with E-state index in [1.165, 1.54) is 24.2 Å². The lowest BCUT2D eigenvalue weighted by atomic mass is 9.90. The maximum absolute atomic E-state index is 5.92. The van der Waals surface area contributed by atoms with E-state index in [-0.39, 0.29) is 0 Å². The molecule has 0 radical (unpaired) electrons. The molecule has 0 saturated heterocycles. The second-order valence-corrected chi connectivity index (χ2v) is 6.08. The highest BCUT2D eigenvalue weighted by Gasteiger charge is 2.24. The first-order valence-electron chi connectivity index (χ1n) is 7.14. The van der Waals surface area contributed by atoms with Gasteiger partial charge in [-0.05, 0) is 42.3 Å². The Kier molecular flexibility index (Phi) is 4.28. The molecule has 18 heavy (non-hydrogen) atoms. The molecule has 2 unspecified atom stereocenters. The van der Waals surface area contributed by atoms with Gasteiger partial charge in [0.25, 0.3) is 0 Å². The zero-order valence-electron chi connectivity index (χ0n) is 11.9. The van der Waals surface area contributed by atoms with E-state index in [1.807, 2.05) is 0 Å². The van der Waals surface area contributed by atoms with Gasteiger partial charge in [0, 0.05) is 18.8 Å². The van der Waals surface area contributed by atoms with Crippen molar-refractivity contribution in [2.75, 3.05) is 24.5 Å². The minimum absolute atomic E-state index is 0.586. The summed E-state index contributed by atoms with van der Waals surface area (Å²) in [5.41, 5.74) is 8.84. The molecule has 0 bridgehead atoms. The van der Waals surface area contributed by atoms with Crippen LogP contribution in [-0.4, -0.2) is 19.6 Å². The quantitative estimate of drug-likeness (QED) is 0.885. The molecule has 0 amide bonds. The highest BCUT2D eigenvalue weighted by Crippen LogP contribution is 2.30. The number of nitrogens with two attached hydrogens (primary N) is 1. The van der Waals surface area contributed by atoms with Crippen molar-refractivity contribution in [1.29, 1.82) is 0 Å². The summed E-state index contributed by atoms with van der Waals surface area (Å²) < 4.78 is 0. The predicted molar refractivity (Wildman–Crippen MR) is 78.9 cm³/mol. The topological polar surface area (TPSA) is 29.3 Å². The maximum Gasteiger partial charge on any atom is 0.0399 e. The minimum Gasteiger partial charge on any atom is -0.371 e. The minimum atomic E-state index is 0.586. The monoisotopic (exact) mass is 246 g/mol. The fraction of sp³-hybridized carbons (Fsp3) is 0.625. The Balaban J connectivity index is 2.18. The van der Waals surface area contributed by atoms with E-state index in [9.17, 15) is 0 Å². The van der Waals surface area contributed by atoms with Crippen molar-refractivity contribution < 1.29 is 0 Å². The van der Waals surface area contributed by atoms with Crippen molar-refractivity contribution in [3.8, 4) is 0 Å². The third kappa shape index (κ3) is 2.86. The van der Waals surface area contributed by atoms with Crippen LogP contribution in [0.4, 0.5) is 5.69 Å². The zero-order valence-corrected chi connectivity index (χ0v) is 11.9. The molecule has 100 valence electrons. The van der Waals surface area contributed by atoms with Gasteiger partial charge < -0.3 is 10.6 Å². The molecule has 0 saturated carbocycles. The van der Waals surface area contributed by atoms with Gasteiger partial charge in [0.15, 0.2) is 0 Å². The third-order valence-corrected chi connectivity index (χ3v) is 4.13. The van der Waals surface area contributed by atoms with Gasteiger partial charge in [0.2, 0.25) is 0 Å². The number of rotatable bonds is 4. The number of nitrogens with zero attached hydrogens (tertiary/aromatic N) is 1. The lowest BCUT2D eigenvalue weighted by Crippen LogP contribution is -2.41. The molecular weight excluding hydrogens is 220 g/mol. The molecule has 0 aliphatic carbocycles. The first-order valence-corrected chi connectivity index (χ1v) is 7.14. The van der Waals surface area contributed by atoms with Crippen LogP contribution in [0.25, 0.3) is 0 Å². The van der Waals surface area contributed by atoms with Crippen molar-refractivity contribution in [2.45, 2.75) is 27.2 Å². The fourth-order valence-corrected chi connectivity index (χ4v) is 2.92. The second kappa shape index (κ2) is 5.75. The van der Waals surface area contributed by atoms with Crippen LogP contribution in [0.1, 0.15) is 26.3 Å². The molecule has 1 aromatic carbocycles. The van der Waals surface area contributed by atoms with Crippen LogP contribution in [-0.2, 0) is 6.42 Å². The summed E-state index contributed by atoms with van der Waals surface area (Å²) in [6.07, 6.45) is 1.21. The predicted octanol–water partition coefficient (Wildman–Crippen LogP) is 2.92. The van der Waals surface area contributed by atoms with Crippen molar-refractivity contribution in [3.05, 3.63) is 29.8 Å². The Morgan fingerprint density at radius 1 is 1.33 bits per heavy atom. The Morgan fingerprint density at radius 3 is 2.72 bits per heavy atom. The summed E-state index contributed by atoms with van der Waals surface area (Å²) in [6, 6.07) is 8.83. The molecule has 1 heterocycles. The molecule has 2 heteroatoms. The average molecular weight is 246 g/mol. The van der Waals surface area contributed by atoms with Gasteiger partial charge in [-0.15, -0.1) is 0 Å². The first-order chi connectivity index (χ1) is 8.61. The van der Waals surface area contributed by atoms with E-state index in [0.717, 1.165) is 19.0 Å². The maximum atomic E-state index is 5.92. The SMILES string of the molecule is CC1Cc2ccccc2N(CC(CN)C(C)C)C1. The number of fused-ring (bicyclic) bond motifs is 1. The summed E-state index contributed by atoms with van der Waals surface area (Å²) in [6.45, 7) is 9.93. The van der Waals surface area contributed by atoms with Crippen LogP contribution >= 0.6 is 0 Å². The molecule has 0 aromatic heterocycles. The molecule has 1 aliphatic rings. The standard InChI is InChI=1S/C16H26N2/c1-12(2)15(9-17)11-18-10-13(3)8-14-6-4-5-7-16(14)18/h4-7,12-13,15H,8-11,17H2,1-3H3. The van der Waals surface area contributed by atoms with Gasteiger partial charge in [-0.25, -0.2) is 0 Å². The van der Waals surface area contributed by atoms with E-state index in [0.29, 0.717) is 11.8 Å². The Morgan fingerprint density at radius 2 is 2.06 bits per heavy atom. The van der Waals surface area contributed by atoms with Crippen molar-refractivity contribution in [3.63, 3.8) is 0 Å². The summed E-state index contributed by atoms with van der Waals surface area (Å²) in [4.78, 5) is 2.54. The molecule has 2 nitrogen and oxygen atoms in total. The van der Waals surface area contributed by atoms with Gasteiger partial charge in [-0.3, -0.25) is 0 Å². The Hall–Kier alpha value is -1.02. The van der Waals surface area contributed by atoms with Crippen LogP contribution in [0.3, 0.4) is 0 Å². The number of para-hydroxylation sites is 1. The van der Waals surface area contributed by atoms with Crippen LogP contribution in [0.5, 0.6) is 0 Å². The molecular formula is C16H26N2. The van der Waals surface area contributed by atoms with E-state index in [4.69, 9.17) is 5.73 Å². The lowest BCUT2D eigenvalue weighted by Gasteiger charge is -2.37. The molecule has 1 aromatic rings. The van der Waals surface area contributed by atoms with E-state index in [1.54, 1.807) is 0 Å². The highest BCUT2D eigenvalue weighted by atomic mass is 15.1. The van der Waals surface area contributed by atoms with Gasteiger partial charge in [0.1, 0.15) is 0 Å². The van der Waals surface area contributed by atoms with E-state index < -0.39 is 0 Å². The first kappa shape index (κ1) is 13.4. The third-order valence-electron chi connectivity index (χ3n) is 4.13. The van der Waals surface area contributed by atoms with Crippen molar-refractivity contribution in [1.82, 2.24) is 0 Å². The summed E-state index contributed by atoms with van der Waals surface area (Å²) in [7, 11) is 0. The normalized spacial score (nSPS) is 20.9.